The summed E-state index contributed by atoms with van der Waals surface area (Å²) in [5, 5.41) is 7.50. The summed E-state index contributed by atoms with van der Waals surface area (Å²) in [6, 6.07) is 3.21. The lowest BCUT2D eigenvalue weighted by Crippen LogP contribution is -2.47. The van der Waals surface area contributed by atoms with Crippen molar-refractivity contribution in [1.82, 2.24) is 30.2 Å². The van der Waals surface area contributed by atoms with Crippen LogP contribution >= 0.6 is 0 Å². The highest BCUT2D eigenvalue weighted by atomic mass is 19.1. The quantitative estimate of drug-likeness (QED) is 0.334. The molecule has 1 aromatic carbocycles. The third kappa shape index (κ3) is 4.75. The number of nitrogens with zero attached hydrogens (tertiary/aromatic N) is 5. The summed E-state index contributed by atoms with van der Waals surface area (Å²) < 4.78 is 26.1. The molecule has 2 aliphatic rings. The number of aryl methyl sites for hydroxylation is 1. The largest absolute Gasteiger partial charge is 0.444 e. The summed E-state index contributed by atoms with van der Waals surface area (Å²) in [4.78, 5) is 35.8. The summed E-state index contributed by atoms with van der Waals surface area (Å²) >= 11 is 0. The Balaban J connectivity index is 1.38. The van der Waals surface area contributed by atoms with Gasteiger partial charge < -0.3 is 30.0 Å². The average Bonchev–Trinajstić information content (AvgIpc) is 3.56. The van der Waals surface area contributed by atoms with E-state index in [4.69, 9.17) is 14.5 Å². The number of hydrogen-bond donors (Lipinski definition) is 3. The second-order valence-corrected chi connectivity index (χ2v) is 11.2. The molecule has 2 fully saturated rings. The van der Waals surface area contributed by atoms with Crippen molar-refractivity contribution in [2.75, 3.05) is 23.8 Å². The molecule has 0 spiro atoms. The molecule has 1 saturated heterocycles. The van der Waals surface area contributed by atoms with E-state index in [0.29, 0.717) is 40.7 Å². The smallest absolute Gasteiger partial charge is 0.407 e. The lowest BCUT2D eigenvalue weighted by atomic mass is 10.0. The maximum Gasteiger partial charge on any atom is 0.407 e. The van der Waals surface area contributed by atoms with E-state index in [1.54, 1.807) is 26.4 Å². The van der Waals surface area contributed by atoms with E-state index in [1.807, 2.05) is 20.8 Å². The fourth-order valence-corrected chi connectivity index (χ4v) is 5.66. The SMILES string of the molecule is CNc1cc(F)cc2c1[nH]c1nc(Oc3cnc(C)nc3)nc(N3C[C@H]4C[C@@H]3C[C@@H]4NC(=O)OC(C)(C)C)c12. The number of H-pyrrole nitrogens is 1. The first-order valence-electron chi connectivity index (χ1n) is 13.0. The van der Waals surface area contributed by atoms with Gasteiger partial charge in [0.25, 0.3) is 0 Å². The summed E-state index contributed by atoms with van der Waals surface area (Å²) in [7, 11) is 1.75. The highest BCUT2D eigenvalue weighted by molar-refractivity contribution is 6.14. The van der Waals surface area contributed by atoms with E-state index in [9.17, 15) is 9.18 Å². The van der Waals surface area contributed by atoms with Gasteiger partial charge in [0.15, 0.2) is 5.75 Å². The molecular formula is C27H31FN8O3. The molecule has 3 N–H and O–H groups in total. The van der Waals surface area contributed by atoms with Gasteiger partial charge in [-0.3, -0.25) is 0 Å². The minimum absolute atomic E-state index is 0.00941. The first kappa shape index (κ1) is 25.1. The Morgan fingerprint density at radius 1 is 1.18 bits per heavy atom. The van der Waals surface area contributed by atoms with Crippen LogP contribution in [0.5, 0.6) is 11.8 Å². The second-order valence-electron chi connectivity index (χ2n) is 11.2. The molecule has 3 aromatic heterocycles. The molecule has 1 aliphatic carbocycles. The molecule has 4 aromatic rings. The Morgan fingerprint density at radius 2 is 1.95 bits per heavy atom. The summed E-state index contributed by atoms with van der Waals surface area (Å²) in [5.74, 6) is 1.55. The number of nitrogens with one attached hydrogen (secondary N) is 3. The lowest BCUT2D eigenvalue weighted by molar-refractivity contribution is 0.0491. The molecule has 4 heterocycles. The van der Waals surface area contributed by atoms with E-state index in [2.05, 4.69) is 35.5 Å². The first-order chi connectivity index (χ1) is 18.6. The molecule has 12 heteroatoms. The number of fused-ring (bicyclic) bond motifs is 5. The first-order valence-corrected chi connectivity index (χ1v) is 13.0. The van der Waals surface area contributed by atoms with Crippen molar-refractivity contribution in [3.63, 3.8) is 0 Å². The number of aromatic nitrogens is 5. The number of benzene rings is 1. The van der Waals surface area contributed by atoms with Gasteiger partial charge in [0.05, 0.1) is 29.0 Å². The van der Waals surface area contributed by atoms with Gasteiger partial charge in [0.2, 0.25) is 0 Å². The van der Waals surface area contributed by atoms with Crippen molar-refractivity contribution in [3.8, 4) is 11.8 Å². The molecule has 6 rings (SSSR count). The van der Waals surface area contributed by atoms with E-state index in [1.165, 1.54) is 12.1 Å². The predicted molar refractivity (Wildman–Crippen MR) is 145 cm³/mol. The number of ether oxygens (including phenoxy) is 2. The van der Waals surface area contributed by atoms with Crippen LogP contribution in [0.2, 0.25) is 0 Å². The standard InChI is InChI=1S/C27H31FN8O3/c1-13-30-10-17(11-31-13)38-25-34-23-21(18-7-15(28)8-20(29-5)22(18)33-23)24(35-25)36-12-14-6-16(36)9-19(14)32-26(37)39-27(2,3)4/h7-8,10-11,14,16,19,29H,6,9,12H2,1-5H3,(H,32,37)(H,33,34,35)/t14-,16-,19+/m1/s1. The number of amides is 1. The van der Waals surface area contributed by atoms with E-state index >= 15 is 0 Å². The Labute approximate surface area is 224 Å². The highest BCUT2D eigenvalue weighted by Gasteiger charge is 2.47. The second kappa shape index (κ2) is 9.21. The number of piperidine rings is 1. The van der Waals surface area contributed by atoms with Crippen LogP contribution in [0.25, 0.3) is 21.9 Å². The van der Waals surface area contributed by atoms with Gasteiger partial charge in [-0.25, -0.2) is 19.2 Å². The third-order valence-corrected chi connectivity index (χ3v) is 7.24. The van der Waals surface area contributed by atoms with Crippen LogP contribution in [0.4, 0.5) is 20.7 Å². The monoisotopic (exact) mass is 534 g/mol. The lowest BCUT2D eigenvalue weighted by Gasteiger charge is -2.33. The maximum absolute atomic E-state index is 14.6. The van der Waals surface area contributed by atoms with Gasteiger partial charge in [-0.1, -0.05) is 0 Å². The van der Waals surface area contributed by atoms with E-state index in [0.717, 1.165) is 23.7 Å². The van der Waals surface area contributed by atoms with Gasteiger partial charge in [-0.05, 0) is 58.6 Å². The van der Waals surface area contributed by atoms with Crippen molar-refractivity contribution in [2.24, 2.45) is 5.92 Å². The fraction of sp³-hybridized carbons (Fsp3) is 0.444. The van der Waals surface area contributed by atoms with E-state index in [-0.39, 0.29) is 29.8 Å². The summed E-state index contributed by atoms with van der Waals surface area (Å²) in [6.07, 6.45) is 4.38. The zero-order valence-corrected chi connectivity index (χ0v) is 22.5. The van der Waals surface area contributed by atoms with Crippen LogP contribution in [0.1, 0.15) is 39.4 Å². The zero-order chi connectivity index (χ0) is 27.5. The van der Waals surface area contributed by atoms with Crippen molar-refractivity contribution in [3.05, 3.63) is 36.2 Å². The normalized spacial score (nSPS) is 20.6. The number of anilines is 2. The number of rotatable bonds is 5. The highest BCUT2D eigenvalue weighted by Crippen LogP contribution is 2.44. The number of carbonyl (C=O) groups excluding carboxylic acids is 1. The Morgan fingerprint density at radius 3 is 2.62 bits per heavy atom. The minimum atomic E-state index is -0.560. The number of halogens is 1. The number of hydrogen-bond acceptors (Lipinski definition) is 9. The number of carbonyl (C=O) groups is 1. The summed E-state index contributed by atoms with van der Waals surface area (Å²) in [5.41, 5.74) is 1.32. The van der Waals surface area contributed by atoms with Gasteiger partial charge in [-0.15, -0.1) is 0 Å². The maximum atomic E-state index is 14.6. The molecule has 1 aliphatic heterocycles. The Kier molecular flexibility index (Phi) is 5.92. The van der Waals surface area contributed by atoms with Crippen molar-refractivity contribution < 1.29 is 18.7 Å². The van der Waals surface area contributed by atoms with Crippen molar-refractivity contribution in [2.45, 2.75) is 58.2 Å². The molecule has 1 saturated carbocycles. The Hall–Kier alpha value is -4.22. The van der Waals surface area contributed by atoms with Gasteiger partial charge in [-0.2, -0.15) is 9.97 Å². The Bertz CT molecular complexity index is 1570. The molecule has 0 unspecified atom stereocenters. The van der Waals surface area contributed by atoms with Gasteiger partial charge >= 0.3 is 12.1 Å². The van der Waals surface area contributed by atoms with Crippen LogP contribution in [-0.2, 0) is 4.74 Å². The molecule has 11 nitrogen and oxygen atoms in total. The minimum Gasteiger partial charge on any atom is -0.444 e. The van der Waals surface area contributed by atoms with Crippen LogP contribution < -0.4 is 20.3 Å². The molecule has 39 heavy (non-hydrogen) atoms. The zero-order valence-electron chi connectivity index (χ0n) is 22.5. The molecule has 204 valence electrons. The van der Waals surface area contributed by atoms with Gasteiger partial charge in [0, 0.05) is 31.1 Å². The van der Waals surface area contributed by atoms with E-state index < -0.39 is 11.7 Å². The van der Waals surface area contributed by atoms with Crippen LogP contribution in [0, 0.1) is 18.7 Å². The summed E-state index contributed by atoms with van der Waals surface area (Å²) in [6.45, 7) is 8.01. The van der Waals surface area contributed by atoms with Crippen molar-refractivity contribution in [1.29, 1.82) is 0 Å². The van der Waals surface area contributed by atoms with Crippen LogP contribution in [-0.4, -0.2) is 62.3 Å². The number of alkyl carbamates (subject to hydrolysis) is 1. The average molecular weight is 535 g/mol. The topological polar surface area (TPSA) is 130 Å². The predicted octanol–water partition coefficient (Wildman–Crippen LogP) is 4.67. The van der Waals surface area contributed by atoms with Gasteiger partial charge in [0.1, 0.15) is 28.7 Å². The third-order valence-electron chi connectivity index (χ3n) is 7.24. The molecule has 0 radical (unpaired) electrons. The molecule has 1 amide bonds. The molecular weight excluding hydrogens is 503 g/mol. The number of aromatic amines is 1. The van der Waals surface area contributed by atoms with Crippen molar-refractivity contribution >= 4 is 39.5 Å². The molecule has 2 bridgehead atoms. The fourth-order valence-electron chi connectivity index (χ4n) is 5.66. The van der Waals surface area contributed by atoms with Crippen LogP contribution in [0.3, 0.4) is 0 Å². The van der Waals surface area contributed by atoms with Crippen LogP contribution in [0.15, 0.2) is 24.5 Å². The molecule has 3 atom stereocenters.